The molecule has 6 nitrogen and oxygen atoms in total. The van der Waals surface area contributed by atoms with Crippen LogP contribution >= 0.6 is 24.0 Å². The molecule has 0 amide bonds. The van der Waals surface area contributed by atoms with Crippen LogP contribution in [0.1, 0.15) is 24.0 Å². The van der Waals surface area contributed by atoms with E-state index in [1.807, 2.05) is 30.3 Å². The van der Waals surface area contributed by atoms with Gasteiger partial charge in [-0.2, -0.15) is 0 Å². The monoisotopic (exact) mass is 511 g/mol. The summed E-state index contributed by atoms with van der Waals surface area (Å²) in [5.74, 6) is 2.28. The van der Waals surface area contributed by atoms with Crippen LogP contribution in [0.25, 0.3) is 0 Å². The summed E-state index contributed by atoms with van der Waals surface area (Å²) in [7, 11) is 1.71. The van der Waals surface area contributed by atoms with Gasteiger partial charge in [0, 0.05) is 38.4 Å². The number of guanidine groups is 1. The van der Waals surface area contributed by atoms with E-state index < -0.39 is 0 Å². The van der Waals surface area contributed by atoms with E-state index in [0.717, 1.165) is 42.5 Å². The van der Waals surface area contributed by atoms with Gasteiger partial charge in [0.15, 0.2) is 17.5 Å². The number of anilines is 1. The number of rotatable bonds is 7. The molecule has 2 aromatic rings. The standard InChI is InChI=1S/C22H29N3O3.HI/c1-17-7-3-4-8-18(17)16-24-22(23-11-5-12-26-2)25-19-9-10-20-21(15-19)28-14-6-13-27-20;/h3-4,7-10,15H,5-6,11-14,16H2,1-2H3,(H2,23,24,25);1H. The van der Waals surface area contributed by atoms with Gasteiger partial charge in [-0.3, -0.25) is 0 Å². The molecular formula is C22H30IN3O3. The first-order valence-electron chi connectivity index (χ1n) is 9.74. The minimum atomic E-state index is 0. The number of methoxy groups -OCH3 is 1. The van der Waals surface area contributed by atoms with E-state index >= 15 is 0 Å². The largest absolute Gasteiger partial charge is 0.490 e. The molecular weight excluding hydrogens is 481 g/mol. The number of hydrogen-bond donors (Lipinski definition) is 2. The lowest BCUT2D eigenvalue weighted by atomic mass is 10.1. The molecule has 0 atom stereocenters. The average molecular weight is 511 g/mol. The number of nitrogens with one attached hydrogen (secondary N) is 2. The highest BCUT2D eigenvalue weighted by atomic mass is 127. The number of aliphatic imine (C=N–C) groups is 1. The number of nitrogens with zero attached hydrogens (tertiary/aromatic N) is 1. The second-order valence-electron chi connectivity index (χ2n) is 6.70. The summed E-state index contributed by atoms with van der Waals surface area (Å²) < 4.78 is 16.6. The van der Waals surface area contributed by atoms with Gasteiger partial charge >= 0.3 is 0 Å². The zero-order chi connectivity index (χ0) is 19.6. The van der Waals surface area contributed by atoms with Gasteiger partial charge in [0.05, 0.1) is 19.8 Å². The Morgan fingerprint density at radius 3 is 2.69 bits per heavy atom. The molecule has 0 bridgehead atoms. The van der Waals surface area contributed by atoms with E-state index in [1.165, 1.54) is 11.1 Å². The van der Waals surface area contributed by atoms with Crippen molar-refractivity contribution in [1.29, 1.82) is 0 Å². The van der Waals surface area contributed by atoms with E-state index in [0.29, 0.717) is 26.4 Å². The molecule has 7 heteroatoms. The Labute approximate surface area is 190 Å². The van der Waals surface area contributed by atoms with Gasteiger partial charge in [-0.15, -0.1) is 24.0 Å². The predicted molar refractivity (Wildman–Crippen MR) is 128 cm³/mol. The van der Waals surface area contributed by atoms with Gasteiger partial charge in [0.25, 0.3) is 0 Å². The van der Waals surface area contributed by atoms with Crippen molar-refractivity contribution in [3.63, 3.8) is 0 Å². The van der Waals surface area contributed by atoms with Crippen molar-refractivity contribution in [3.8, 4) is 11.5 Å². The van der Waals surface area contributed by atoms with Gasteiger partial charge < -0.3 is 24.8 Å². The smallest absolute Gasteiger partial charge is 0.196 e. The number of ether oxygens (including phenoxy) is 3. The number of halogens is 1. The summed E-state index contributed by atoms with van der Waals surface area (Å²) in [6.07, 6.45) is 1.80. The van der Waals surface area contributed by atoms with Crippen molar-refractivity contribution in [2.45, 2.75) is 26.3 Å². The van der Waals surface area contributed by atoms with Crippen LogP contribution in [0.4, 0.5) is 5.69 Å². The molecule has 0 saturated carbocycles. The zero-order valence-electron chi connectivity index (χ0n) is 17.1. The van der Waals surface area contributed by atoms with Crippen LogP contribution in [0.15, 0.2) is 47.5 Å². The Morgan fingerprint density at radius 2 is 1.90 bits per heavy atom. The third-order valence-electron chi connectivity index (χ3n) is 4.50. The highest BCUT2D eigenvalue weighted by Gasteiger charge is 2.11. The summed E-state index contributed by atoms with van der Waals surface area (Å²) in [6, 6.07) is 14.2. The predicted octanol–water partition coefficient (Wildman–Crippen LogP) is 4.37. The van der Waals surface area contributed by atoms with Crippen molar-refractivity contribution < 1.29 is 14.2 Å². The van der Waals surface area contributed by atoms with Crippen molar-refractivity contribution in [3.05, 3.63) is 53.6 Å². The Morgan fingerprint density at radius 1 is 1.10 bits per heavy atom. The first-order valence-corrected chi connectivity index (χ1v) is 9.74. The summed E-state index contributed by atoms with van der Waals surface area (Å²) in [6.45, 7) is 5.55. The Bertz CT molecular complexity index is 799. The lowest BCUT2D eigenvalue weighted by Gasteiger charge is -2.15. The molecule has 3 rings (SSSR count). The normalized spacial score (nSPS) is 13.2. The van der Waals surface area contributed by atoms with Crippen LogP contribution in [-0.2, 0) is 11.3 Å². The molecule has 0 saturated heterocycles. The summed E-state index contributed by atoms with van der Waals surface area (Å²) >= 11 is 0. The number of fused-ring (bicyclic) bond motifs is 1. The molecule has 1 aliphatic heterocycles. The Balaban J connectivity index is 0.00000300. The van der Waals surface area contributed by atoms with Gasteiger partial charge in [-0.1, -0.05) is 24.3 Å². The molecule has 29 heavy (non-hydrogen) atoms. The number of hydrogen-bond acceptors (Lipinski definition) is 4. The number of benzene rings is 2. The van der Waals surface area contributed by atoms with Crippen molar-refractivity contribution in [2.75, 3.05) is 38.8 Å². The van der Waals surface area contributed by atoms with Crippen LogP contribution in [-0.4, -0.2) is 39.4 Å². The maximum atomic E-state index is 5.79. The minimum Gasteiger partial charge on any atom is -0.490 e. The van der Waals surface area contributed by atoms with Gasteiger partial charge in [0.2, 0.25) is 0 Å². The van der Waals surface area contributed by atoms with Crippen molar-refractivity contribution >= 4 is 35.6 Å². The van der Waals surface area contributed by atoms with E-state index in [-0.39, 0.29) is 24.0 Å². The van der Waals surface area contributed by atoms with Gasteiger partial charge in [-0.25, -0.2) is 4.99 Å². The Hall–Kier alpha value is -2.00. The lowest BCUT2D eigenvalue weighted by molar-refractivity contribution is 0.195. The topological polar surface area (TPSA) is 64.1 Å². The second-order valence-corrected chi connectivity index (χ2v) is 6.70. The third kappa shape index (κ3) is 7.40. The molecule has 0 unspecified atom stereocenters. The Kier molecular flexibility index (Phi) is 10.1. The van der Waals surface area contributed by atoms with E-state index in [4.69, 9.17) is 19.2 Å². The van der Waals surface area contributed by atoms with Crippen molar-refractivity contribution in [1.82, 2.24) is 5.32 Å². The molecule has 0 fully saturated rings. The molecule has 2 N–H and O–H groups in total. The number of aryl methyl sites for hydroxylation is 1. The maximum Gasteiger partial charge on any atom is 0.196 e. The highest BCUT2D eigenvalue weighted by Crippen LogP contribution is 2.32. The first kappa shape index (κ1) is 23.3. The van der Waals surface area contributed by atoms with Crippen molar-refractivity contribution in [2.24, 2.45) is 4.99 Å². The highest BCUT2D eigenvalue weighted by molar-refractivity contribution is 14.0. The molecule has 0 radical (unpaired) electrons. The van der Waals surface area contributed by atoms with Gasteiger partial charge in [-0.05, 0) is 36.6 Å². The second kappa shape index (κ2) is 12.5. The first-order chi connectivity index (χ1) is 13.8. The SMILES string of the molecule is COCCCNC(=NCc1ccccc1C)Nc1ccc2c(c1)OCCCO2.I. The van der Waals surface area contributed by atoms with E-state index in [1.54, 1.807) is 7.11 Å². The molecule has 2 aromatic carbocycles. The van der Waals surface area contributed by atoms with Gasteiger partial charge in [0.1, 0.15) is 0 Å². The molecule has 158 valence electrons. The average Bonchev–Trinajstić information content (AvgIpc) is 2.95. The quantitative estimate of drug-likeness (QED) is 0.250. The fourth-order valence-electron chi connectivity index (χ4n) is 2.89. The van der Waals surface area contributed by atoms with Crippen LogP contribution in [0.2, 0.25) is 0 Å². The summed E-state index contributed by atoms with van der Waals surface area (Å²) in [5.41, 5.74) is 3.35. The lowest BCUT2D eigenvalue weighted by Crippen LogP contribution is -2.32. The van der Waals surface area contributed by atoms with Crippen LogP contribution in [0, 0.1) is 6.92 Å². The summed E-state index contributed by atoms with van der Waals surface area (Å²) in [4.78, 5) is 4.76. The van der Waals surface area contributed by atoms with E-state index in [2.05, 4.69) is 29.7 Å². The molecule has 0 aromatic heterocycles. The van der Waals surface area contributed by atoms with Crippen LogP contribution in [0.3, 0.4) is 0 Å². The maximum absolute atomic E-state index is 5.79. The van der Waals surface area contributed by atoms with E-state index in [9.17, 15) is 0 Å². The van der Waals surface area contributed by atoms with Crippen LogP contribution < -0.4 is 20.1 Å². The molecule has 1 heterocycles. The molecule has 1 aliphatic rings. The molecule has 0 aliphatic carbocycles. The third-order valence-corrected chi connectivity index (χ3v) is 4.50. The fourth-order valence-corrected chi connectivity index (χ4v) is 2.89. The summed E-state index contributed by atoms with van der Waals surface area (Å²) in [5, 5.41) is 6.75. The minimum absolute atomic E-state index is 0. The molecule has 0 spiro atoms. The fraction of sp³-hybridized carbons (Fsp3) is 0.409. The zero-order valence-corrected chi connectivity index (χ0v) is 19.4. The van der Waals surface area contributed by atoms with Crippen LogP contribution in [0.5, 0.6) is 11.5 Å².